The van der Waals surface area contributed by atoms with E-state index in [9.17, 15) is 9.59 Å². The number of hydrogen-bond acceptors (Lipinski definition) is 3. The van der Waals surface area contributed by atoms with E-state index < -0.39 is 17.4 Å². The van der Waals surface area contributed by atoms with E-state index in [4.69, 9.17) is 14.9 Å². The smallest absolute Gasteiger partial charge is 0.321 e. The Kier molecular flexibility index (Phi) is 2.32. The Labute approximate surface area is 68.9 Å². The Hall–Kier alpha value is -1.10. The largest absolute Gasteiger partial charge is 0.480 e. The molecule has 0 aromatic carbocycles. The van der Waals surface area contributed by atoms with Gasteiger partial charge in [-0.15, -0.1) is 0 Å². The van der Waals surface area contributed by atoms with Crippen molar-refractivity contribution in [2.24, 2.45) is 5.41 Å². The van der Waals surface area contributed by atoms with E-state index in [1.807, 2.05) is 0 Å². The summed E-state index contributed by atoms with van der Waals surface area (Å²) in [5.41, 5.74) is -1.61. The predicted octanol–water partition coefficient (Wildman–Crippen LogP) is -0.0476. The van der Waals surface area contributed by atoms with Crippen molar-refractivity contribution in [2.45, 2.75) is 12.8 Å². The molecule has 1 heterocycles. The summed E-state index contributed by atoms with van der Waals surface area (Å²) in [6.07, 6.45) is 0.106. The minimum Gasteiger partial charge on any atom is -0.480 e. The van der Waals surface area contributed by atoms with E-state index in [0.29, 0.717) is 0 Å². The Morgan fingerprint density at radius 3 is 1.75 bits per heavy atom. The summed E-state index contributed by atoms with van der Waals surface area (Å²) in [5, 5.41) is 17.4. The minimum atomic E-state index is -1.61. The Balaban J connectivity index is 2.84. The molecule has 0 atom stereocenters. The number of aliphatic carboxylic acids is 2. The van der Waals surface area contributed by atoms with Crippen molar-refractivity contribution in [3.8, 4) is 0 Å². The normalized spacial score (nSPS) is 21.7. The average molecular weight is 174 g/mol. The van der Waals surface area contributed by atoms with Gasteiger partial charge in [0.15, 0.2) is 5.41 Å². The monoisotopic (exact) mass is 174 g/mol. The first-order valence-electron chi connectivity index (χ1n) is 3.64. The third-order valence-corrected chi connectivity index (χ3v) is 2.17. The molecule has 5 heteroatoms. The Bertz CT molecular complexity index is 188. The Morgan fingerprint density at radius 2 is 1.50 bits per heavy atom. The van der Waals surface area contributed by atoms with Gasteiger partial charge < -0.3 is 14.9 Å². The van der Waals surface area contributed by atoms with E-state index in [0.717, 1.165) is 0 Å². The molecule has 2 N–H and O–H groups in total. The number of carboxylic acid groups (broad SMARTS) is 2. The van der Waals surface area contributed by atoms with E-state index in [1.165, 1.54) is 0 Å². The van der Waals surface area contributed by atoms with Gasteiger partial charge in [0, 0.05) is 13.2 Å². The van der Waals surface area contributed by atoms with Crippen molar-refractivity contribution in [3.63, 3.8) is 0 Å². The second-order valence-electron chi connectivity index (χ2n) is 2.80. The van der Waals surface area contributed by atoms with Crippen LogP contribution in [0.2, 0.25) is 0 Å². The quantitative estimate of drug-likeness (QED) is 0.573. The second kappa shape index (κ2) is 3.10. The molecule has 1 aliphatic heterocycles. The van der Waals surface area contributed by atoms with Crippen LogP contribution in [-0.4, -0.2) is 35.4 Å². The van der Waals surface area contributed by atoms with Crippen molar-refractivity contribution >= 4 is 11.9 Å². The van der Waals surface area contributed by atoms with Crippen molar-refractivity contribution < 1.29 is 24.5 Å². The van der Waals surface area contributed by atoms with Gasteiger partial charge in [0.2, 0.25) is 0 Å². The lowest BCUT2D eigenvalue weighted by molar-refractivity contribution is -0.171. The highest BCUT2D eigenvalue weighted by Gasteiger charge is 2.47. The van der Waals surface area contributed by atoms with E-state index >= 15 is 0 Å². The lowest BCUT2D eigenvalue weighted by Crippen LogP contribution is -2.43. The van der Waals surface area contributed by atoms with Crippen LogP contribution in [0.4, 0.5) is 0 Å². The average Bonchev–Trinajstić information content (AvgIpc) is 2.05. The fourth-order valence-corrected chi connectivity index (χ4v) is 1.24. The Morgan fingerprint density at radius 1 is 1.08 bits per heavy atom. The van der Waals surface area contributed by atoms with Gasteiger partial charge in [-0.25, -0.2) is 0 Å². The summed E-state index contributed by atoms with van der Waals surface area (Å²) in [6, 6.07) is 0. The molecule has 0 unspecified atom stereocenters. The summed E-state index contributed by atoms with van der Waals surface area (Å²) in [6.45, 7) is 0.414. The van der Waals surface area contributed by atoms with Crippen molar-refractivity contribution in [1.29, 1.82) is 0 Å². The summed E-state index contributed by atoms with van der Waals surface area (Å²) in [7, 11) is 0. The number of rotatable bonds is 2. The zero-order valence-corrected chi connectivity index (χ0v) is 6.45. The van der Waals surface area contributed by atoms with Gasteiger partial charge in [-0.2, -0.15) is 0 Å². The number of hydrogen-bond donors (Lipinski definition) is 2. The van der Waals surface area contributed by atoms with Gasteiger partial charge in [-0.1, -0.05) is 0 Å². The lowest BCUT2D eigenvalue weighted by atomic mass is 9.80. The molecule has 0 amide bonds. The SMILES string of the molecule is O=C(O)C1(C(=O)O)CCOCC1. The van der Waals surface area contributed by atoms with E-state index in [-0.39, 0.29) is 26.1 Å². The third-order valence-electron chi connectivity index (χ3n) is 2.17. The highest BCUT2D eigenvalue weighted by atomic mass is 16.5. The van der Waals surface area contributed by atoms with E-state index in [2.05, 4.69) is 0 Å². The van der Waals surface area contributed by atoms with Crippen LogP contribution in [0.15, 0.2) is 0 Å². The summed E-state index contributed by atoms with van der Waals surface area (Å²) < 4.78 is 4.90. The van der Waals surface area contributed by atoms with Crippen molar-refractivity contribution in [1.82, 2.24) is 0 Å². The third kappa shape index (κ3) is 1.27. The maximum absolute atomic E-state index is 10.7. The van der Waals surface area contributed by atoms with Crippen LogP contribution in [0, 0.1) is 5.41 Å². The van der Waals surface area contributed by atoms with Crippen LogP contribution >= 0.6 is 0 Å². The molecule has 5 nitrogen and oxygen atoms in total. The first-order chi connectivity index (χ1) is 5.59. The van der Waals surface area contributed by atoms with Gasteiger partial charge >= 0.3 is 11.9 Å². The van der Waals surface area contributed by atoms with Gasteiger partial charge in [-0.05, 0) is 12.8 Å². The molecule has 1 rings (SSSR count). The van der Waals surface area contributed by atoms with Gasteiger partial charge in [0.1, 0.15) is 0 Å². The van der Waals surface area contributed by atoms with Crippen LogP contribution in [0.25, 0.3) is 0 Å². The molecular weight excluding hydrogens is 164 g/mol. The van der Waals surface area contributed by atoms with Crippen LogP contribution < -0.4 is 0 Å². The number of ether oxygens (including phenoxy) is 1. The zero-order chi connectivity index (χ0) is 9.19. The molecule has 68 valence electrons. The number of carboxylic acids is 2. The second-order valence-corrected chi connectivity index (χ2v) is 2.80. The predicted molar refractivity (Wildman–Crippen MR) is 37.8 cm³/mol. The molecule has 0 aromatic heterocycles. The zero-order valence-electron chi connectivity index (χ0n) is 6.45. The molecule has 0 bridgehead atoms. The first kappa shape index (κ1) is 8.99. The topological polar surface area (TPSA) is 83.8 Å². The van der Waals surface area contributed by atoms with Gasteiger partial charge in [0.25, 0.3) is 0 Å². The summed E-state index contributed by atoms with van der Waals surface area (Å²) in [5.74, 6) is -2.53. The van der Waals surface area contributed by atoms with Crippen LogP contribution in [0.3, 0.4) is 0 Å². The van der Waals surface area contributed by atoms with Crippen molar-refractivity contribution in [2.75, 3.05) is 13.2 Å². The van der Waals surface area contributed by atoms with Gasteiger partial charge in [0.05, 0.1) is 0 Å². The van der Waals surface area contributed by atoms with Crippen LogP contribution in [0.5, 0.6) is 0 Å². The molecule has 0 spiro atoms. The maximum atomic E-state index is 10.7. The fourth-order valence-electron chi connectivity index (χ4n) is 1.24. The summed E-state index contributed by atoms with van der Waals surface area (Å²) >= 11 is 0. The van der Waals surface area contributed by atoms with Crippen molar-refractivity contribution in [3.05, 3.63) is 0 Å². The highest BCUT2D eigenvalue weighted by Crippen LogP contribution is 2.30. The molecule has 1 aliphatic rings. The minimum absolute atomic E-state index is 0.0532. The molecule has 0 saturated carbocycles. The molecule has 0 aromatic rings. The molecular formula is C7H10O5. The van der Waals surface area contributed by atoms with Gasteiger partial charge in [-0.3, -0.25) is 9.59 Å². The standard InChI is InChI=1S/C7H10O5/c8-5(9)7(6(10)11)1-3-12-4-2-7/h1-4H2,(H,8,9)(H,10,11). The van der Waals surface area contributed by atoms with E-state index in [1.54, 1.807) is 0 Å². The molecule has 1 fully saturated rings. The lowest BCUT2D eigenvalue weighted by Gasteiger charge is -2.28. The molecule has 0 aliphatic carbocycles. The molecule has 12 heavy (non-hydrogen) atoms. The fraction of sp³-hybridized carbons (Fsp3) is 0.714. The number of carbonyl (C=O) groups is 2. The molecule has 0 radical (unpaired) electrons. The maximum Gasteiger partial charge on any atom is 0.321 e. The first-order valence-corrected chi connectivity index (χ1v) is 3.64. The summed E-state index contributed by atoms with van der Waals surface area (Å²) in [4.78, 5) is 21.4. The van der Waals surface area contributed by atoms with Crippen LogP contribution in [0.1, 0.15) is 12.8 Å². The molecule has 1 saturated heterocycles. The van der Waals surface area contributed by atoms with Crippen LogP contribution in [-0.2, 0) is 14.3 Å². The highest BCUT2D eigenvalue weighted by molar-refractivity contribution is 5.98.